The predicted octanol–water partition coefficient (Wildman–Crippen LogP) is 1.82. The number of rotatable bonds is 1. The molecule has 1 aliphatic heterocycles. The predicted molar refractivity (Wildman–Crippen MR) is 76.4 cm³/mol. The molecule has 0 aliphatic carbocycles. The first-order valence-corrected chi connectivity index (χ1v) is 6.29. The summed E-state index contributed by atoms with van der Waals surface area (Å²) in [5.41, 5.74) is 8.76. The lowest BCUT2D eigenvalue weighted by atomic mass is 10.1. The molecule has 6 heteroatoms. The summed E-state index contributed by atoms with van der Waals surface area (Å²) in [5, 5.41) is 0. The highest BCUT2D eigenvalue weighted by molar-refractivity contribution is 6.06. The molecule has 2 amide bonds. The van der Waals surface area contributed by atoms with Crippen molar-refractivity contribution in [2.75, 3.05) is 16.8 Å². The van der Waals surface area contributed by atoms with Crippen molar-refractivity contribution in [3.05, 3.63) is 47.9 Å². The third-order valence-corrected chi connectivity index (χ3v) is 3.50. The lowest BCUT2D eigenvalue weighted by molar-refractivity contribution is 0.249. The van der Waals surface area contributed by atoms with Gasteiger partial charge >= 0.3 is 6.03 Å². The standard InChI is InChI=1S/C14H15N5O/c1-9-5-3-4-6-11(9)19-12(15)10-7-16-8-17-13(10)18(2)14(19)20/h3-8,12H,15H2,1-2H3. The maximum atomic E-state index is 12.6. The lowest BCUT2D eigenvalue weighted by Gasteiger charge is -2.38. The molecule has 1 aromatic carbocycles. The van der Waals surface area contributed by atoms with Crippen molar-refractivity contribution in [1.29, 1.82) is 0 Å². The van der Waals surface area contributed by atoms with Crippen LogP contribution in [0.15, 0.2) is 36.8 Å². The number of carbonyl (C=O) groups is 1. The molecule has 0 radical (unpaired) electrons. The van der Waals surface area contributed by atoms with Gasteiger partial charge in [-0.1, -0.05) is 18.2 Å². The van der Waals surface area contributed by atoms with Crippen LogP contribution in [0.4, 0.5) is 16.3 Å². The zero-order valence-electron chi connectivity index (χ0n) is 11.3. The quantitative estimate of drug-likeness (QED) is 0.856. The molecule has 2 aromatic rings. The minimum absolute atomic E-state index is 0.196. The number of fused-ring (bicyclic) bond motifs is 1. The molecule has 0 bridgehead atoms. The lowest BCUT2D eigenvalue weighted by Crippen LogP contribution is -2.51. The van der Waals surface area contributed by atoms with Gasteiger partial charge in [-0.2, -0.15) is 0 Å². The summed E-state index contributed by atoms with van der Waals surface area (Å²) in [6.45, 7) is 1.95. The van der Waals surface area contributed by atoms with E-state index in [1.807, 2.05) is 31.2 Å². The summed E-state index contributed by atoms with van der Waals surface area (Å²) >= 11 is 0. The van der Waals surface area contributed by atoms with Gasteiger partial charge in [0.15, 0.2) is 0 Å². The fourth-order valence-electron chi connectivity index (χ4n) is 2.42. The molecule has 2 N–H and O–H groups in total. The van der Waals surface area contributed by atoms with Gasteiger partial charge in [0.2, 0.25) is 0 Å². The minimum Gasteiger partial charge on any atom is -0.307 e. The molecular formula is C14H15N5O. The summed E-state index contributed by atoms with van der Waals surface area (Å²) in [6.07, 6.45) is 2.48. The van der Waals surface area contributed by atoms with Crippen LogP contribution in [-0.2, 0) is 0 Å². The number of carbonyl (C=O) groups excluding carboxylic acids is 1. The van der Waals surface area contributed by atoms with E-state index < -0.39 is 6.17 Å². The average molecular weight is 269 g/mol. The molecule has 1 atom stereocenters. The van der Waals surface area contributed by atoms with E-state index in [-0.39, 0.29) is 6.03 Å². The van der Waals surface area contributed by atoms with Gasteiger partial charge in [-0.15, -0.1) is 0 Å². The normalized spacial score (nSPS) is 18.1. The summed E-state index contributed by atoms with van der Waals surface area (Å²) in [7, 11) is 1.69. The number of urea groups is 1. The first-order chi connectivity index (χ1) is 9.61. The Morgan fingerprint density at radius 3 is 2.80 bits per heavy atom. The third-order valence-electron chi connectivity index (χ3n) is 3.50. The fraction of sp³-hybridized carbons (Fsp3) is 0.214. The number of nitrogens with zero attached hydrogens (tertiary/aromatic N) is 4. The maximum Gasteiger partial charge on any atom is 0.331 e. The van der Waals surface area contributed by atoms with Crippen LogP contribution < -0.4 is 15.5 Å². The fourth-order valence-corrected chi connectivity index (χ4v) is 2.42. The second-order valence-corrected chi connectivity index (χ2v) is 4.74. The molecule has 1 aliphatic rings. The van der Waals surface area contributed by atoms with Gasteiger partial charge in [0.1, 0.15) is 18.3 Å². The molecule has 3 rings (SSSR count). The van der Waals surface area contributed by atoms with E-state index in [1.54, 1.807) is 18.1 Å². The second-order valence-electron chi connectivity index (χ2n) is 4.74. The number of amides is 2. The van der Waals surface area contributed by atoms with Crippen LogP contribution in [0.2, 0.25) is 0 Å². The van der Waals surface area contributed by atoms with Crippen molar-refractivity contribution in [3.63, 3.8) is 0 Å². The molecule has 1 unspecified atom stereocenters. The van der Waals surface area contributed by atoms with Gasteiger partial charge in [-0.25, -0.2) is 14.8 Å². The van der Waals surface area contributed by atoms with Crippen molar-refractivity contribution in [2.24, 2.45) is 5.73 Å². The third kappa shape index (κ3) is 1.73. The van der Waals surface area contributed by atoms with Crippen LogP contribution in [0.5, 0.6) is 0 Å². The van der Waals surface area contributed by atoms with E-state index in [2.05, 4.69) is 9.97 Å². The van der Waals surface area contributed by atoms with Crippen molar-refractivity contribution < 1.29 is 4.79 Å². The number of aromatic nitrogens is 2. The molecule has 0 saturated carbocycles. The Balaban J connectivity index is 2.15. The molecule has 1 aromatic heterocycles. The molecule has 20 heavy (non-hydrogen) atoms. The first-order valence-electron chi connectivity index (χ1n) is 6.29. The number of hydrogen-bond donors (Lipinski definition) is 1. The Labute approximate surface area is 116 Å². The summed E-state index contributed by atoms with van der Waals surface area (Å²) in [4.78, 5) is 23.8. The highest BCUT2D eigenvalue weighted by atomic mass is 16.2. The number of anilines is 2. The van der Waals surface area contributed by atoms with E-state index in [9.17, 15) is 4.79 Å². The molecular weight excluding hydrogens is 254 g/mol. The smallest absolute Gasteiger partial charge is 0.307 e. The van der Waals surface area contributed by atoms with Gasteiger partial charge in [0.25, 0.3) is 0 Å². The number of aryl methyl sites for hydroxylation is 1. The summed E-state index contributed by atoms with van der Waals surface area (Å²) < 4.78 is 0. The van der Waals surface area contributed by atoms with Crippen LogP contribution in [0.25, 0.3) is 0 Å². The number of benzene rings is 1. The number of nitrogens with two attached hydrogens (primary N) is 1. The van der Waals surface area contributed by atoms with E-state index in [0.29, 0.717) is 5.82 Å². The number of para-hydroxylation sites is 1. The van der Waals surface area contributed by atoms with E-state index >= 15 is 0 Å². The number of hydrogen-bond acceptors (Lipinski definition) is 4. The summed E-state index contributed by atoms with van der Waals surface area (Å²) in [6, 6.07) is 7.46. The molecule has 102 valence electrons. The summed E-state index contributed by atoms with van der Waals surface area (Å²) in [5.74, 6) is 0.558. The maximum absolute atomic E-state index is 12.6. The first kappa shape index (κ1) is 12.6. The topological polar surface area (TPSA) is 75.4 Å². The van der Waals surface area contributed by atoms with Gasteiger partial charge in [0.05, 0.1) is 11.3 Å². The van der Waals surface area contributed by atoms with Crippen LogP contribution in [-0.4, -0.2) is 23.0 Å². The monoisotopic (exact) mass is 269 g/mol. The van der Waals surface area contributed by atoms with E-state index in [0.717, 1.165) is 16.8 Å². The van der Waals surface area contributed by atoms with Gasteiger partial charge in [-0.05, 0) is 18.6 Å². The second kappa shape index (κ2) is 4.57. The zero-order valence-corrected chi connectivity index (χ0v) is 11.3. The Morgan fingerprint density at radius 1 is 1.30 bits per heavy atom. The Hall–Kier alpha value is -2.47. The van der Waals surface area contributed by atoms with Gasteiger partial charge in [0, 0.05) is 13.2 Å². The van der Waals surface area contributed by atoms with Crippen molar-refractivity contribution >= 4 is 17.5 Å². The van der Waals surface area contributed by atoms with Crippen LogP contribution >= 0.6 is 0 Å². The Morgan fingerprint density at radius 2 is 2.05 bits per heavy atom. The molecule has 6 nitrogen and oxygen atoms in total. The minimum atomic E-state index is -0.587. The molecule has 0 saturated heterocycles. The zero-order chi connectivity index (χ0) is 14.3. The SMILES string of the molecule is Cc1ccccc1N1C(=O)N(C)c2ncncc2C1N. The van der Waals surface area contributed by atoms with Crippen molar-refractivity contribution in [3.8, 4) is 0 Å². The average Bonchev–Trinajstić information content (AvgIpc) is 2.47. The molecule has 2 heterocycles. The Bertz CT molecular complexity index is 672. The van der Waals surface area contributed by atoms with Crippen LogP contribution in [0.1, 0.15) is 17.3 Å². The highest BCUT2D eigenvalue weighted by Gasteiger charge is 2.36. The Kier molecular flexibility index (Phi) is 2.87. The highest BCUT2D eigenvalue weighted by Crippen LogP contribution is 2.35. The largest absolute Gasteiger partial charge is 0.331 e. The molecule has 0 fully saturated rings. The van der Waals surface area contributed by atoms with Crippen molar-refractivity contribution in [1.82, 2.24) is 9.97 Å². The molecule has 0 spiro atoms. The van der Waals surface area contributed by atoms with Crippen LogP contribution in [0.3, 0.4) is 0 Å². The van der Waals surface area contributed by atoms with Crippen LogP contribution in [0, 0.1) is 6.92 Å². The van der Waals surface area contributed by atoms with Gasteiger partial charge < -0.3 is 5.73 Å². The van der Waals surface area contributed by atoms with E-state index in [1.165, 1.54) is 11.2 Å². The van der Waals surface area contributed by atoms with Crippen molar-refractivity contribution in [2.45, 2.75) is 13.1 Å². The van der Waals surface area contributed by atoms with E-state index in [4.69, 9.17) is 5.73 Å². The van der Waals surface area contributed by atoms with Gasteiger partial charge in [-0.3, -0.25) is 9.80 Å².